The molecule has 0 saturated carbocycles. The van der Waals surface area contributed by atoms with E-state index in [1.807, 2.05) is 0 Å². The Bertz CT molecular complexity index is 246. The monoisotopic (exact) mass is 504 g/mol. The molecule has 128 valence electrons. The quantitative estimate of drug-likeness (QED) is 0.242. The molecule has 1 N–H and O–H groups in total. The summed E-state index contributed by atoms with van der Waals surface area (Å²) in [5.41, 5.74) is 0. The Balaban J connectivity index is 3.14. The van der Waals surface area contributed by atoms with E-state index >= 15 is 0 Å². The van der Waals surface area contributed by atoms with Crippen LogP contribution in [-0.2, 0) is 7.48 Å². The van der Waals surface area contributed by atoms with Crippen molar-refractivity contribution in [2.24, 2.45) is 0 Å². The first-order valence-electron chi connectivity index (χ1n) is 9.28. The van der Waals surface area contributed by atoms with Crippen molar-refractivity contribution < 1.29 is 12.6 Å². The summed E-state index contributed by atoms with van der Waals surface area (Å²) in [6.45, 7) is 2.22. The molecule has 0 amide bonds. The summed E-state index contributed by atoms with van der Waals surface area (Å²) < 4.78 is 4.79. The zero-order chi connectivity index (χ0) is 16.5. The van der Waals surface area contributed by atoms with Gasteiger partial charge in [0, 0.05) is 0 Å². The molecule has 0 spiro atoms. The number of aliphatic hydroxyl groups is 1. The van der Waals surface area contributed by atoms with Crippen LogP contribution in [-0.4, -0.2) is 43.4 Å². The number of hydrogen-bond donors (Lipinski definition) is 1. The Morgan fingerprint density at radius 1 is 0.864 bits per heavy atom. The Hall–Kier alpha value is 0.352. The molecule has 0 aromatic heterocycles. The van der Waals surface area contributed by atoms with Gasteiger partial charge in [-0.3, -0.25) is 0 Å². The third-order valence-electron chi connectivity index (χ3n) is 4.19. The normalized spacial score (nSPS) is 12.2. The molecule has 0 saturated heterocycles. The molecule has 22 heavy (non-hydrogen) atoms. The van der Waals surface area contributed by atoms with Gasteiger partial charge in [0.2, 0.25) is 0 Å². The third-order valence-corrected chi connectivity index (χ3v) is 5.21. The van der Waals surface area contributed by atoms with Gasteiger partial charge < -0.3 is 5.11 Å². The van der Waals surface area contributed by atoms with E-state index in [2.05, 4.69) is 6.92 Å². The van der Waals surface area contributed by atoms with Crippen LogP contribution in [0.15, 0.2) is 0 Å². The second kappa shape index (κ2) is 17.7. The van der Waals surface area contributed by atoms with Crippen molar-refractivity contribution in [3.8, 4) is 0 Å². The van der Waals surface area contributed by atoms with E-state index in [0.29, 0.717) is 32.6 Å². The van der Waals surface area contributed by atoms with Crippen molar-refractivity contribution in [1.29, 1.82) is 0 Å². The summed E-state index contributed by atoms with van der Waals surface area (Å²) in [4.78, 5) is 11.0. The van der Waals surface area contributed by atoms with Crippen LogP contribution < -0.4 is 0 Å². The Morgan fingerprint density at radius 3 is 1.82 bits per heavy atom. The molecule has 0 aromatic rings. The molecule has 1 unspecified atom stereocenters. The average Bonchev–Trinajstić information content (AvgIpc) is 2.53. The minimum absolute atomic E-state index is 0.0155. The first-order valence-corrected chi connectivity index (χ1v) is 11.1. The zero-order valence-corrected chi connectivity index (χ0v) is 19.0. The molecule has 0 aromatic carbocycles. The van der Waals surface area contributed by atoms with E-state index in [0.717, 1.165) is 25.7 Å². The van der Waals surface area contributed by atoms with Gasteiger partial charge in [-0.15, -0.1) is 0 Å². The van der Waals surface area contributed by atoms with Gasteiger partial charge >= 0.3 is 104 Å². The van der Waals surface area contributed by atoms with Gasteiger partial charge in [0.15, 0.2) is 0 Å². The zero-order valence-electron chi connectivity index (χ0n) is 14.5. The molecular formula is C18H35O3Tl. The predicted molar refractivity (Wildman–Crippen MR) is 92.8 cm³/mol. The first-order chi connectivity index (χ1) is 10.7. The van der Waals surface area contributed by atoms with Crippen molar-refractivity contribution in [2.75, 3.05) is 0 Å². The van der Waals surface area contributed by atoms with Gasteiger partial charge in [0.05, 0.1) is 6.10 Å². The van der Waals surface area contributed by atoms with Gasteiger partial charge in [-0.25, -0.2) is 0 Å². The van der Waals surface area contributed by atoms with Crippen molar-refractivity contribution >= 4 is 32.2 Å². The van der Waals surface area contributed by atoms with Crippen molar-refractivity contribution in [3.63, 3.8) is 0 Å². The van der Waals surface area contributed by atoms with Crippen molar-refractivity contribution in [3.05, 3.63) is 0 Å². The molecule has 0 aliphatic rings. The summed E-state index contributed by atoms with van der Waals surface area (Å²) in [5.74, 6) is -0.0155. The summed E-state index contributed by atoms with van der Waals surface area (Å²) in [6, 6.07) is 0. The fourth-order valence-electron chi connectivity index (χ4n) is 2.72. The molecule has 0 aliphatic heterocycles. The molecule has 0 aliphatic carbocycles. The molecule has 0 fully saturated rings. The molecule has 0 radical (unpaired) electrons. The average molecular weight is 504 g/mol. The van der Waals surface area contributed by atoms with Crippen LogP contribution in [0.2, 0.25) is 0 Å². The molecule has 4 heteroatoms. The Morgan fingerprint density at radius 2 is 1.32 bits per heavy atom. The number of carbonyl (C=O) groups excluding carboxylic acids is 1. The van der Waals surface area contributed by atoms with E-state index in [1.54, 1.807) is 0 Å². The van der Waals surface area contributed by atoms with Gasteiger partial charge in [-0.1, -0.05) is 32.6 Å². The molecule has 3 nitrogen and oxygen atoms in total. The number of carbonyl (C=O) groups is 1. The van der Waals surface area contributed by atoms with Crippen molar-refractivity contribution in [1.82, 2.24) is 0 Å². The molecule has 0 heterocycles. The topological polar surface area (TPSA) is 46.5 Å². The Labute approximate surface area is 153 Å². The summed E-state index contributed by atoms with van der Waals surface area (Å²) in [6.07, 6.45) is 17.2. The SMILES string of the molecule is CCCCCCC(O)CCCCCCCCCCC(=O)[O][Tl]. The van der Waals surface area contributed by atoms with Crippen LogP contribution in [0.25, 0.3) is 0 Å². The van der Waals surface area contributed by atoms with Crippen molar-refractivity contribution in [2.45, 2.75) is 109 Å². The van der Waals surface area contributed by atoms with Gasteiger partial charge in [0.1, 0.15) is 0 Å². The minimum atomic E-state index is -0.0705. The number of rotatable bonds is 16. The number of aliphatic hydroxyl groups excluding tert-OH is 1. The maximum atomic E-state index is 11.0. The fraction of sp³-hybridized carbons (Fsp3) is 0.944. The first kappa shape index (κ1) is 22.4. The molecule has 0 rings (SSSR count). The van der Waals surface area contributed by atoms with Gasteiger partial charge in [-0.2, -0.15) is 0 Å². The second-order valence-electron chi connectivity index (χ2n) is 6.36. The summed E-state index contributed by atoms with van der Waals surface area (Å²) in [5, 5.41) is 9.88. The molecular weight excluding hydrogens is 469 g/mol. The van der Waals surface area contributed by atoms with E-state index < -0.39 is 0 Å². The van der Waals surface area contributed by atoms with Crippen LogP contribution >= 0.6 is 0 Å². The number of unbranched alkanes of at least 4 members (excludes halogenated alkanes) is 10. The standard InChI is InChI=1S/C18H36O3.Tl/c1-2-3-4-11-14-17(19)15-12-9-7-5-6-8-10-13-16-18(20)21;/h17,19H,2-16H2,1H3,(H,20,21);/q;+1/p-1. The van der Waals surface area contributed by atoms with Crippen LogP contribution in [0.5, 0.6) is 0 Å². The van der Waals surface area contributed by atoms with Gasteiger partial charge in [-0.05, 0) is 6.42 Å². The maximum absolute atomic E-state index is 11.0. The predicted octanol–water partition coefficient (Wildman–Crippen LogP) is 4.85. The summed E-state index contributed by atoms with van der Waals surface area (Å²) in [7, 11) is 0. The van der Waals surface area contributed by atoms with Crippen LogP contribution in [0.1, 0.15) is 103 Å². The summed E-state index contributed by atoms with van der Waals surface area (Å²) >= 11 is 0.340. The molecule has 1 atom stereocenters. The Kier molecular flexibility index (Phi) is 18.0. The van der Waals surface area contributed by atoms with Crippen LogP contribution in [0.3, 0.4) is 0 Å². The van der Waals surface area contributed by atoms with E-state index in [9.17, 15) is 9.90 Å². The van der Waals surface area contributed by atoms with E-state index in [-0.39, 0.29) is 12.1 Å². The van der Waals surface area contributed by atoms with Crippen LogP contribution in [0.4, 0.5) is 0 Å². The third kappa shape index (κ3) is 16.7. The number of hydrogen-bond acceptors (Lipinski definition) is 3. The van der Waals surface area contributed by atoms with E-state index in [1.165, 1.54) is 64.2 Å². The fourth-order valence-corrected chi connectivity index (χ4v) is 3.18. The molecule has 0 bridgehead atoms. The van der Waals surface area contributed by atoms with E-state index in [4.69, 9.17) is 2.69 Å². The van der Waals surface area contributed by atoms with Crippen LogP contribution in [0, 0.1) is 0 Å². The van der Waals surface area contributed by atoms with Gasteiger partial charge in [0.25, 0.3) is 0 Å². The second-order valence-corrected chi connectivity index (χ2v) is 7.28.